The second kappa shape index (κ2) is 6.47. The zero-order valence-corrected chi connectivity index (χ0v) is 9.27. The predicted octanol–water partition coefficient (Wildman–Crippen LogP) is 2.60. The van der Waals surface area contributed by atoms with E-state index in [2.05, 4.69) is 12.8 Å². The quantitative estimate of drug-likeness (QED) is 0.569. The maximum absolute atomic E-state index is 11.5. The maximum atomic E-state index is 11.5. The fraction of sp³-hybridized carbons (Fsp3) is 0.214. The van der Waals surface area contributed by atoms with E-state index >= 15 is 0 Å². The van der Waals surface area contributed by atoms with Crippen molar-refractivity contribution in [1.29, 1.82) is 0 Å². The van der Waals surface area contributed by atoms with Crippen molar-refractivity contribution in [3.05, 3.63) is 47.5 Å². The largest absolute Gasteiger partial charge is 0.458 e. The number of esters is 1. The van der Waals surface area contributed by atoms with Gasteiger partial charge in [-0.1, -0.05) is 25.0 Å². The van der Waals surface area contributed by atoms with Crippen LogP contribution in [0.15, 0.2) is 36.4 Å². The van der Waals surface area contributed by atoms with Gasteiger partial charge in [-0.3, -0.25) is 0 Å². The van der Waals surface area contributed by atoms with Gasteiger partial charge in [0, 0.05) is 0 Å². The van der Waals surface area contributed by atoms with Crippen molar-refractivity contribution in [2.75, 3.05) is 6.61 Å². The summed E-state index contributed by atoms with van der Waals surface area (Å²) in [6, 6.07) is 7.39. The highest BCUT2D eigenvalue weighted by Gasteiger charge is 2.04. The summed E-state index contributed by atoms with van der Waals surface area (Å²) in [5.41, 5.74) is 1.76. The van der Waals surface area contributed by atoms with E-state index in [9.17, 15) is 4.79 Å². The van der Waals surface area contributed by atoms with Crippen LogP contribution in [0.4, 0.5) is 0 Å². The Labute approximate surface area is 95.9 Å². The Morgan fingerprint density at radius 2 is 2.12 bits per heavy atom. The molecule has 1 aromatic carbocycles. The number of carbonyl (C=O) groups excluding carboxylic acids is 1. The molecule has 2 nitrogen and oxygen atoms in total. The van der Waals surface area contributed by atoms with Crippen LogP contribution < -0.4 is 0 Å². The lowest BCUT2D eigenvalue weighted by Gasteiger charge is -2.02. The molecule has 1 rings (SSSR count). The zero-order valence-electron chi connectivity index (χ0n) is 9.27. The number of hydrogen-bond acceptors (Lipinski definition) is 2. The van der Waals surface area contributed by atoms with E-state index in [-0.39, 0.29) is 12.6 Å². The predicted molar refractivity (Wildman–Crippen MR) is 64.1 cm³/mol. The minimum Gasteiger partial charge on any atom is -0.458 e. The van der Waals surface area contributed by atoms with E-state index in [0.29, 0.717) is 5.56 Å². The Kier molecular flexibility index (Phi) is 4.88. The molecule has 0 amide bonds. The summed E-state index contributed by atoms with van der Waals surface area (Å²) in [6.45, 7) is 2.27. The van der Waals surface area contributed by atoms with Crippen molar-refractivity contribution in [3.8, 4) is 12.3 Å². The average Bonchev–Trinajstić information content (AvgIpc) is 2.34. The van der Waals surface area contributed by atoms with Gasteiger partial charge in [0.05, 0.1) is 5.56 Å². The second-order valence-electron chi connectivity index (χ2n) is 3.22. The summed E-state index contributed by atoms with van der Waals surface area (Å²) in [5, 5.41) is 0. The van der Waals surface area contributed by atoms with Gasteiger partial charge in [-0.15, -0.1) is 6.42 Å². The first-order valence-electron chi connectivity index (χ1n) is 5.15. The molecule has 0 bridgehead atoms. The molecule has 0 N–H and O–H groups in total. The molecule has 82 valence electrons. The number of allylic oxidation sites excluding steroid dienone is 1. The molecular formula is C14H14O2. The van der Waals surface area contributed by atoms with Gasteiger partial charge in [0.25, 0.3) is 0 Å². The monoisotopic (exact) mass is 214 g/mol. The van der Waals surface area contributed by atoms with Gasteiger partial charge in [0.15, 0.2) is 0 Å². The number of terminal acetylenes is 1. The molecule has 0 aliphatic rings. The summed E-state index contributed by atoms with van der Waals surface area (Å²) in [6.07, 6.45) is 9.10. The Bertz CT molecular complexity index is 407. The molecule has 2 heteroatoms. The third-order valence-electron chi connectivity index (χ3n) is 2.12. The number of benzene rings is 1. The van der Waals surface area contributed by atoms with Gasteiger partial charge in [-0.25, -0.2) is 4.79 Å². The molecule has 0 aliphatic carbocycles. The zero-order chi connectivity index (χ0) is 11.8. The molecule has 0 unspecified atom stereocenters. The van der Waals surface area contributed by atoms with Crippen LogP contribution >= 0.6 is 0 Å². The van der Waals surface area contributed by atoms with Crippen LogP contribution in [0.1, 0.15) is 22.8 Å². The van der Waals surface area contributed by atoms with Gasteiger partial charge in [0.2, 0.25) is 0 Å². The lowest BCUT2D eigenvalue weighted by atomic mass is 10.1. The molecule has 16 heavy (non-hydrogen) atoms. The van der Waals surface area contributed by atoms with Crippen LogP contribution in [-0.2, 0) is 11.2 Å². The first-order valence-corrected chi connectivity index (χ1v) is 5.15. The second-order valence-corrected chi connectivity index (χ2v) is 3.22. The number of ether oxygens (including phenoxy) is 1. The van der Waals surface area contributed by atoms with Gasteiger partial charge in [-0.2, -0.15) is 0 Å². The fourth-order valence-corrected chi connectivity index (χ4v) is 1.20. The highest BCUT2D eigenvalue weighted by atomic mass is 16.5. The summed E-state index contributed by atoms with van der Waals surface area (Å²) < 4.78 is 4.98. The summed E-state index contributed by atoms with van der Waals surface area (Å²) in [4.78, 5) is 11.5. The van der Waals surface area contributed by atoms with Crippen molar-refractivity contribution in [2.24, 2.45) is 0 Å². The van der Waals surface area contributed by atoms with Crippen molar-refractivity contribution >= 4 is 5.97 Å². The van der Waals surface area contributed by atoms with Crippen LogP contribution in [0.3, 0.4) is 0 Å². The van der Waals surface area contributed by atoms with E-state index in [1.54, 1.807) is 18.2 Å². The first-order chi connectivity index (χ1) is 7.77. The SMILES string of the molecule is C#C/C=C/COC(=O)c1ccc(CC)cc1. The molecule has 0 saturated heterocycles. The van der Waals surface area contributed by atoms with Gasteiger partial charge in [-0.05, 0) is 36.3 Å². The highest BCUT2D eigenvalue weighted by Crippen LogP contribution is 2.06. The number of rotatable bonds is 4. The molecule has 1 aromatic rings. The average molecular weight is 214 g/mol. The number of aryl methyl sites for hydroxylation is 1. The third kappa shape index (κ3) is 3.62. The molecule has 0 aromatic heterocycles. The smallest absolute Gasteiger partial charge is 0.338 e. The Morgan fingerprint density at radius 3 is 2.69 bits per heavy atom. The topological polar surface area (TPSA) is 26.3 Å². The Hall–Kier alpha value is -2.01. The number of hydrogen-bond donors (Lipinski definition) is 0. The normalized spacial score (nSPS) is 10.0. The number of carbonyl (C=O) groups is 1. The van der Waals surface area contributed by atoms with Crippen LogP contribution in [0.25, 0.3) is 0 Å². The molecule has 0 heterocycles. The van der Waals surface area contributed by atoms with Gasteiger partial charge >= 0.3 is 5.97 Å². The fourth-order valence-electron chi connectivity index (χ4n) is 1.20. The van der Waals surface area contributed by atoms with E-state index in [1.165, 1.54) is 11.6 Å². The lowest BCUT2D eigenvalue weighted by molar-refractivity contribution is 0.0549. The van der Waals surface area contributed by atoms with E-state index in [0.717, 1.165) is 6.42 Å². The van der Waals surface area contributed by atoms with Crippen LogP contribution in [-0.4, -0.2) is 12.6 Å². The van der Waals surface area contributed by atoms with Crippen molar-refractivity contribution in [1.82, 2.24) is 0 Å². The Morgan fingerprint density at radius 1 is 1.44 bits per heavy atom. The lowest BCUT2D eigenvalue weighted by Crippen LogP contribution is -2.04. The minimum atomic E-state index is -0.329. The van der Waals surface area contributed by atoms with Crippen molar-refractivity contribution in [3.63, 3.8) is 0 Å². The molecule has 0 saturated carbocycles. The molecule has 0 radical (unpaired) electrons. The van der Waals surface area contributed by atoms with E-state index < -0.39 is 0 Å². The van der Waals surface area contributed by atoms with Crippen LogP contribution in [0, 0.1) is 12.3 Å². The molecule has 0 atom stereocenters. The Balaban J connectivity index is 2.53. The third-order valence-corrected chi connectivity index (χ3v) is 2.12. The molecular weight excluding hydrogens is 200 g/mol. The van der Waals surface area contributed by atoms with E-state index in [4.69, 9.17) is 11.2 Å². The van der Waals surface area contributed by atoms with Crippen LogP contribution in [0.2, 0.25) is 0 Å². The van der Waals surface area contributed by atoms with Crippen molar-refractivity contribution in [2.45, 2.75) is 13.3 Å². The maximum Gasteiger partial charge on any atom is 0.338 e. The standard InChI is InChI=1S/C14H14O2/c1-3-5-6-11-16-14(15)13-9-7-12(4-2)8-10-13/h1,5-10H,4,11H2,2H3/b6-5+. The first kappa shape index (κ1) is 12.1. The molecule has 0 fully saturated rings. The summed E-state index contributed by atoms with van der Waals surface area (Å²) >= 11 is 0. The van der Waals surface area contributed by atoms with Gasteiger partial charge in [0.1, 0.15) is 6.61 Å². The summed E-state index contributed by atoms with van der Waals surface area (Å²) in [7, 11) is 0. The van der Waals surface area contributed by atoms with Gasteiger partial charge < -0.3 is 4.74 Å². The summed E-state index contributed by atoms with van der Waals surface area (Å²) in [5.74, 6) is 2.00. The minimum absolute atomic E-state index is 0.207. The molecule has 0 aliphatic heterocycles. The van der Waals surface area contributed by atoms with Crippen LogP contribution in [0.5, 0.6) is 0 Å². The molecule has 0 spiro atoms. The van der Waals surface area contributed by atoms with Crippen molar-refractivity contribution < 1.29 is 9.53 Å². The highest BCUT2D eigenvalue weighted by molar-refractivity contribution is 5.89. The van der Waals surface area contributed by atoms with E-state index in [1.807, 2.05) is 12.1 Å².